The summed E-state index contributed by atoms with van der Waals surface area (Å²) in [5.74, 6) is -1.38. The fourth-order valence-electron chi connectivity index (χ4n) is 3.81. The minimum Gasteiger partial charge on any atom is -0.354 e. The minimum absolute atomic E-state index is 0.00691. The number of halogens is 1. The summed E-state index contributed by atoms with van der Waals surface area (Å²) in [4.78, 5) is 28.3. The van der Waals surface area contributed by atoms with Crippen molar-refractivity contribution in [1.82, 2.24) is 14.5 Å². The molecule has 36 heavy (non-hydrogen) atoms. The van der Waals surface area contributed by atoms with E-state index in [0.717, 1.165) is 16.1 Å². The maximum Gasteiger partial charge on any atom is 0.247 e. The van der Waals surface area contributed by atoms with Gasteiger partial charge in [-0.2, -0.15) is 4.31 Å². The van der Waals surface area contributed by atoms with Crippen LogP contribution in [0.25, 0.3) is 0 Å². The van der Waals surface area contributed by atoms with Gasteiger partial charge in [0.05, 0.1) is 12.8 Å². The zero-order valence-corrected chi connectivity index (χ0v) is 21.1. The number of nitrogens with zero attached hydrogens (tertiary/aromatic N) is 2. The van der Waals surface area contributed by atoms with E-state index in [0.29, 0.717) is 17.7 Å². The van der Waals surface area contributed by atoms with Crippen molar-refractivity contribution in [3.63, 3.8) is 0 Å². The SMILES string of the molecule is CCNC(=O)C(c1ccccc1)N(Cc1ccc(F)cc1)C(=O)CN(Cc1ccccc1)S(C)(=O)=O. The second-order valence-electron chi connectivity index (χ2n) is 8.37. The Morgan fingerprint density at radius 3 is 1.97 bits per heavy atom. The molecule has 0 fully saturated rings. The predicted molar refractivity (Wildman–Crippen MR) is 137 cm³/mol. The lowest BCUT2D eigenvalue weighted by Gasteiger charge is -2.33. The molecule has 0 heterocycles. The standard InChI is InChI=1S/C27H30FN3O4S/c1-3-29-27(33)26(23-12-8-5-9-13-23)31(19-22-14-16-24(28)17-15-22)25(32)20-30(36(2,34)35)18-21-10-6-4-7-11-21/h4-17,26H,3,18-20H2,1-2H3,(H,29,33). The Morgan fingerprint density at radius 2 is 1.42 bits per heavy atom. The first-order valence-corrected chi connectivity index (χ1v) is 13.4. The highest BCUT2D eigenvalue weighted by Crippen LogP contribution is 2.25. The van der Waals surface area contributed by atoms with Crippen molar-refractivity contribution in [2.75, 3.05) is 19.3 Å². The van der Waals surface area contributed by atoms with Crippen molar-refractivity contribution in [1.29, 1.82) is 0 Å². The topological polar surface area (TPSA) is 86.8 Å². The van der Waals surface area contributed by atoms with Crippen LogP contribution in [0.2, 0.25) is 0 Å². The lowest BCUT2D eigenvalue weighted by Crippen LogP contribution is -2.47. The van der Waals surface area contributed by atoms with Crippen LogP contribution in [0, 0.1) is 5.82 Å². The van der Waals surface area contributed by atoms with Crippen molar-refractivity contribution in [3.05, 3.63) is 107 Å². The highest BCUT2D eigenvalue weighted by atomic mass is 32.2. The summed E-state index contributed by atoms with van der Waals surface area (Å²) >= 11 is 0. The molecule has 1 unspecified atom stereocenters. The molecule has 0 bridgehead atoms. The number of amides is 2. The Kier molecular flexibility index (Phi) is 9.32. The largest absolute Gasteiger partial charge is 0.354 e. The van der Waals surface area contributed by atoms with Crippen molar-refractivity contribution in [2.45, 2.75) is 26.1 Å². The zero-order valence-electron chi connectivity index (χ0n) is 20.3. The molecule has 0 aliphatic heterocycles. The van der Waals surface area contributed by atoms with Crippen molar-refractivity contribution in [3.8, 4) is 0 Å². The van der Waals surface area contributed by atoms with E-state index in [2.05, 4.69) is 5.32 Å². The second kappa shape index (κ2) is 12.4. The van der Waals surface area contributed by atoms with Gasteiger partial charge in [-0.15, -0.1) is 0 Å². The molecule has 1 atom stereocenters. The molecule has 0 radical (unpaired) electrons. The molecule has 190 valence electrons. The van der Waals surface area contributed by atoms with Crippen LogP contribution in [0.1, 0.15) is 29.7 Å². The van der Waals surface area contributed by atoms with Gasteiger partial charge in [0.2, 0.25) is 21.8 Å². The molecule has 7 nitrogen and oxygen atoms in total. The Morgan fingerprint density at radius 1 is 0.861 bits per heavy atom. The quantitative estimate of drug-likeness (QED) is 0.427. The van der Waals surface area contributed by atoms with E-state index in [1.54, 1.807) is 61.5 Å². The monoisotopic (exact) mass is 511 g/mol. The third-order valence-corrected chi connectivity index (χ3v) is 6.79. The molecule has 3 aromatic rings. The lowest BCUT2D eigenvalue weighted by atomic mass is 10.0. The number of carbonyl (C=O) groups is 2. The van der Waals surface area contributed by atoms with Gasteiger partial charge < -0.3 is 10.2 Å². The molecular weight excluding hydrogens is 481 g/mol. The highest BCUT2D eigenvalue weighted by molar-refractivity contribution is 7.88. The smallest absolute Gasteiger partial charge is 0.247 e. The van der Waals surface area contributed by atoms with Gasteiger partial charge in [0.25, 0.3) is 0 Å². The second-order valence-corrected chi connectivity index (χ2v) is 10.4. The first-order valence-electron chi connectivity index (χ1n) is 11.5. The van der Waals surface area contributed by atoms with Gasteiger partial charge in [0.15, 0.2) is 0 Å². The molecule has 3 rings (SSSR count). The third kappa shape index (κ3) is 7.47. The number of hydrogen-bond acceptors (Lipinski definition) is 4. The van der Waals surface area contributed by atoms with E-state index in [1.807, 2.05) is 6.07 Å². The summed E-state index contributed by atoms with van der Waals surface area (Å²) in [5.41, 5.74) is 1.90. The number of rotatable bonds is 11. The van der Waals surface area contributed by atoms with Crippen LogP contribution in [-0.2, 0) is 32.7 Å². The van der Waals surface area contributed by atoms with Crippen molar-refractivity contribution >= 4 is 21.8 Å². The average molecular weight is 512 g/mol. The number of hydrogen-bond donors (Lipinski definition) is 1. The van der Waals surface area contributed by atoms with Gasteiger partial charge >= 0.3 is 0 Å². The van der Waals surface area contributed by atoms with Gasteiger partial charge in [-0.3, -0.25) is 9.59 Å². The molecule has 1 N–H and O–H groups in total. The van der Waals surface area contributed by atoms with Crippen LogP contribution in [0.5, 0.6) is 0 Å². The highest BCUT2D eigenvalue weighted by Gasteiger charge is 2.33. The van der Waals surface area contributed by atoms with Crippen molar-refractivity contribution < 1.29 is 22.4 Å². The maximum atomic E-state index is 13.8. The molecule has 2 amide bonds. The number of benzene rings is 3. The molecule has 3 aromatic carbocycles. The molecular formula is C27H30FN3O4S. The predicted octanol–water partition coefficient (Wildman–Crippen LogP) is 3.49. The average Bonchev–Trinajstić information content (AvgIpc) is 2.85. The minimum atomic E-state index is -3.76. The molecule has 0 aromatic heterocycles. The Labute approximate surface area is 211 Å². The molecule has 0 saturated carbocycles. The fraction of sp³-hybridized carbons (Fsp3) is 0.259. The van der Waals surface area contributed by atoms with Crippen LogP contribution in [0.15, 0.2) is 84.9 Å². The maximum absolute atomic E-state index is 13.8. The van der Waals surface area contributed by atoms with Crippen LogP contribution in [0.4, 0.5) is 4.39 Å². The van der Waals surface area contributed by atoms with Crippen LogP contribution in [0.3, 0.4) is 0 Å². The number of sulfonamides is 1. The molecule has 0 aliphatic rings. The molecule has 9 heteroatoms. The Balaban J connectivity index is 2.00. The van der Waals surface area contributed by atoms with Gasteiger partial charge in [-0.25, -0.2) is 12.8 Å². The summed E-state index contributed by atoms with van der Waals surface area (Å²) in [6.07, 6.45) is 1.05. The Hall–Kier alpha value is -3.56. The lowest BCUT2D eigenvalue weighted by molar-refractivity contribution is -0.141. The fourth-order valence-corrected chi connectivity index (χ4v) is 4.54. The van der Waals surface area contributed by atoms with E-state index in [4.69, 9.17) is 0 Å². The van der Waals surface area contributed by atoms with E-state index in [9.17, 15) is 22.4 Å². The summed E-state index contributed by atoms with van der Waals surface area (Å²) in [6.45, 7) is 1.66. The van der Waals surface area contributed by atoms with E-state index in [-0.39, 0.29) is 13.1 Å². The van der Waals surface area contributed by atoms with Gasteiger partial charge in [-0.1, -0.05) is 72.8 Å². The normalized spacial score (nSPS) is 12.2. The summed E-state index contributed by atoms with van der Waals surface area (Å²) in [5, 5.41) is 2.77. The van der Waals surface area contributed by atoms with Crippen LogP contribution in [-0.4, -0.2) is 48.8 Å². The first-order chi connectivity index (χ1) is 17.2. The number of nitrogens with one attached hydrogen (secondary N) is 1. The van der Waals surface area contributed by atoms with Crippen LogP contribution < -0.4 is 5.32 Å². The Bertz CT molecular complexity index is 1250. The number of carbonyl (C=O) groups excluding carboxylic acids is 2. The van der Waals surface area contributed by atoms with Crippen LogP contribution >= 0.6 is 0 Å². The van der Waals surface area contributed by atoms with E-state index < -0.39 is 40.2 Å². The number of likely N-dealkylation sites (N-methyl/N-ethyl adjacent to an activating group) is 1. The van der Waals surface area contributed by atoms with Gasteiger partial charge in [0.1, 0.15) is 11.9 Å². The summed E-state index contributed by atoms with van der Waals surface area (Å²) < 4.78 is 39.8. The van der Waals surface area contributed by atoms with E-state index in [1.165, 1.54) is 29.2 Å². The van der Waals surface area contributed by atoms with Gasteiger partial charge in [0, 0.05) is 19.6 Å². The molecule has 0 saturated heterocycles. The molecule has 0 aliphatic carbocycles. The summed E-state index contributed by atoms with van der Waals surface area (Å²) in [6, 6.07) is 22.4. The first kappa shape index (κ1) is 27.0. The zero-order chi connectivity index (χ0) is 26.1. The third-order valence-electron chi connectivity index (χ3n) is 5.60. The van der Waals surface area contributed by atoms with E-state index >= 15 is 0 Å². The van der Waals surface area contributed by atoms with Crippen molar-refractivity contribution in [2.24, 2.45) is 0 Å². The summed E-state index contributed by atoms with van der Waals surface area (Å²) in [7, 11) is -3.76. The molecule has 0 spiro atoms. The van der Waals surface area contributed by atoms with Gasteiger partial charge in [-0.05, 0) is 35.7 Å².